The van der Waals surface area contributed by atoms with Crippen LogP contribution in [0.1, 0.15) is 50.2 Å². The van der Waals surface area contributed by atoms with Crippen LogP contribution in [-0.2, 0) is 6.54 Å². The fraction of sp³-hybridized carbons (Fsp3) is 0.625. The van der Waals surface area contributed by atoms with E-state index in [1.807, 2.05) is 0 Å². The lowest BCUT2D eigenvalue weighted by Gasteiger charge is -2.28. The lowest BCUT2D eigenvalue weighted by molar-refractivity contribution is 0.280. The van der Waals surface area contributed by atoms with Crippen LogP contribution >= 0.6 is 0 Å². The Labute approximate surface area is 106 Å². The summed E-state index contributed by atoms with van der Waals surface area (Å²) in [5.74, 6) is 0.896. The van der Waals surface area contributed by atoms with E-state index in [9.17, 15) is 0 Å². The van der Waals surface area contributed by atoms with Gasteiger partial charge >= 0.3 is 0 Å². The lowest BCUT2D eigenvalue weighted by atomic mass is 9.84. The highest BCUT2D eigenvalue weighted by molar-refractivity contribution is 5.25. The van der Waals surface area contributed by atoms with Crippen molar-refractivity contribution in [1.82, 2.24) is 5.32 Å². The standard InChI is InChI=1S/C16H25N/c1-13-8-6-7-11-16(13)12-17-14(2)15-9-4-3-5-10-15/h6-8,11,14-15,17H,3-5,9-10,12H2,1-2H3. The topological polar surface area (TPSA) is 12.0 Å². The van der Waals surface area contributed by atoms with E-state index in [-0.39, 0.29) is 0 Å². The Balaban J connectivity index is 1.83. The van der Waals surface area contributed by atoms with Gasteiger partial charge in [0, 0.05) is 12.6 Å². The second kappa shape index (κ2) is 6.20. The van der Waals surface area contributed by atoms with E-state index in [0.29, 0.717) is 6.04 Å². The van der Waals surface area contributed by atoms with Gasteiger partial charge in [-0.3, -0.25) is 0 Å². The van der Waals surface area contributed by atoms with Crippen molar-refractivity contribution in [1.29, 1.82) is 0 Å². The number of aryl methyl sites for hydroxylation is 1. The van der Waals surface area contributed by atoms with Gasteiger partial charge in [-0.1, -0.05) is 43.5 Å². The van der Waals surface area contributed by atoms with Crippen LogP contribution in [-0.4, -0.2) is 6.04 Å². The molecule has 0 bridgehead atoms. The molecule has 1 aliphatic rings. The van der Waals surface area contributed by atoms with Gasteiger partial charge in [0.05, 0.1) is 0 Å². The summed E-state index contributed by atoms with van der Waals surface area (Å²) in [6.45, 7) is 5.57. The van der Waals surface area contributed by atoms with Gasteiger partial charge in [-0.05, 0) is 43.7 Å². The first-order chi connectivity index (χ1) is 8.27. The molecular weight excluding hydrogens is 206 g/mol. The van der Waals surface area contributed by atoms with Crippen molar-refractivity contribution in [2.45, 2.75) is 58.5 Å². The molecule has 0 saturated heterocycles. The third-order valence-electron chi connectivity index (χ3n) is 4.23. The lowest BCUT2D eigenvalue weighted by Crippen LogP contribution is -2.34. The molecule has 1 atom stereocenters. The summed E-state index contributed by atoms with van der Waals surface area (Å²) in [4.78, 5) is 0. The molecule has 0 heterocycles. The van der Waals surface area contributed by atoms with Crippen LogP contribution in [0.15, 0.2) is 24.3 Å². The van der Waals surface area contributed by atoms with Crippen molar-refractivity contribution in [3.8, 4) is 0 Å². The number of hydrogen-bond acceptors (Lipinski definition) is 1. The van der Waals surface area contributed by atoms with Gasteiger partial charge in [0.2, 0.25) is 0 Å². The van der Waals surface area contributed by atoms with Gasteiger partial charge in [0.1, 0.15) is 0 Å². The Morgan fingerprint density at radius 1 is 1.18 bits per heavy atom. The van der Waals surface area contributed by atoms with Crippen LogP contribution < -0.4 is 5.32 Å². The zero-order chi connectivity index (χ0) is 12.1. The minimum atomic E-state index is 0.662. The molecule has 1 nitrogen and oxygen atoms in total. The predicted octanol–water partition coefficient (Wildman–Crippen LogP) is 4.05. The SMILES string of the molecule is Cc1ccccc1CNC(C)C1CCCCC1. The van der Waals surface area contributed by atoms with E-state index < -0.39 is 0 Å². The van der Waals surface area contributed by atoms with Crippen LogP contribution in [0.2, 0.25) is 0 Å². The number of benzene rings is 1. The maximum Gasteiger partial charge on any atom is 0.0210 e. The Morgan fingerprint density at radius 2 is 1.88 bits per heavy atom. The zero-order valence-electron chi connectivity index (χ0n) is 11.2. The van der Waals surface area contributed by atoms with E-state index >= 15 is 0 Å². The van der Waals surface area contributed by atoms with Gasteiger partial charge in [0.25, 0.3) is 0 Å². The minimum Gasteiger partial charge on any atom is -0.310 e. The molecule has 1 aliphatic carbocycles. The molecule has 0 aliphatic heterocycles. The monoisotopic (exact) mass is 231 g/mol. The number of hydrogen-bond donors (Lipinski definition) is 1. The molecule has 0 spiro atoms. The van der Waals surface area contributed by atoms with Crippen LogP contribution in [0.5, 0.6) is 0 Å². The maximum atomic E-state index is 3.71. The molecule has 1 fully saturated rings. The molecule has 2 rings (SSSR count). The molecule has 1 saturated carbocycles. The van der Waals surface area contributed by atoms with Crippen molar-refractivity contribution < 1.29 is 0 Å². The third kappa shape index (κ3) is 3.57. The molecule has 94 valence electrons. The quantitative estimate of drug-likeness (QED) is 0.824. The van der Waals surface area contributed by atoms with Crippen molar-refractivity contribution in [2.75, 3.05) is 0 Å². The van der Waals surface area contributed by atoms with Gasteiger partial charge in [-0.2, -0.15) is 0 Å². The number of rotatable bonds is 4. The van der Waals surface area contributed by atoms with E-state index in [0.717, 1.165) is 12.5 Å². The Hall–Kier alpha value is -0.820. The third-order valence-corrected chi connectivity index (χ3v) is 4.23. The van der Waals surface area contributed by atoms with Crippen LogP contribution in [0, 0.1) is 12.8 Å². The molecule has 0 radical (unpaired) electrons. The minimum absolute atomic E-state index is 0.662. The fourth-order valence-corrected chi connectivity index (χ4v) is 2.88. The highest BCUT2D eigenvalue weighted by Gasteiger charge is 2.19. The van der Waals surface area contributed by atoms with Gasteiger partial charge in [-0.25, -0.2) is 0 Å². The Kier molecular flexibility index (Phi) is 4.61. The zero-order valence-corrected chi connectivity index (χ0v) is 11.2. The fourth-order valence-electron chi connectivity index (χ4n) is 2.88. The Morgan fingerprint density at radius 3 is 2.59 bits per heavy atom. The average Bonchev–Trinajstić information content (AvgIpc) is 2.38. The summed E-state index contributed by atoms with van der Waals surface area (Å²) in [5.41, 5.74) is 2.84. The molecular formula is C16H25N. The van der Waals surface area contributed by atoms with E-state index in [2.05, 4.69) is 43.4 Å². The van der Waals surface area contributed by atoms with E-state index in [4.69, 9.17) is 0 Å². The summed E-state index contributed by atoms with van der Waals surface area (Å²) < 4.78 is 0. The first-order valence-corrected chi connectivity index (χ1v) is 7.05. The van der Waals surface area contributed by atoms with Crippen molar-refractivity contribution in [2.24, 2.45) is 5.92 Å². The van der Waals surface area contributed by atoms with Gasteiger partial charge in [-0.15, -0.1) is 0 Å². The smallest absolute Gasteiger partial charge is 0.0210 e. The first-order valence-electron chi connectivity index (χ1n) is 7.05. The summed E-state index contributed by atoms with van der Waals surface area (Å²) in [6.07, 6.45) is 7.15. The van der Waals surface area contributed by atoms with Crippen molar-refractivity contribution in [3.63, 3.8) is 0 Å². The molecule has 1 N–H and O–H groups in total. The normalized spacial score (nSPS) is 19.2. The largest absolute Gasteiger partial charge is 0.310 e. The summed E-state index contributed by atoms with van der Waals surface area (Å²) in [7, 11) is 0. The highest BCUT2D eigenvalue weighted by atomic mass is 14.9. The van der Waals surface area contributed by atoms with Crippen LogP contribution in [0.25, 0.3) is 0 Å². The second-order valence-corrected chi connectivity index (χ2v) is 5.49. The average molecular weight is 231 g/mol. The second-order valence-electron chi connectivity index (χ2n) is 5.49. The van der Waals surface area contributed by atoms with Gasteiger partial charge < -0.3 is 5.32 Å². The number of nitrogens with one attached hydrogen (secondary N) is 1. The molecule has 1 unspecified atom stereocenters. The van der Waals surface area contributed by atoms with Crippen molar-refractivity contribution in [3.05, 3.63) is 35.4 Å². The van der Waals surface area contributed by atoms with Crippen LogP contribution in [0.3, 0.4) is 0 Å². The first kappa shape index (κ1) is 12.6. The molecule has 0 aromatic heterocycles. The van der Waals surface area contributed by atoms with Gasteiger partial charge in [0.15, 0.2) is 0 Å². The summed E-state index contributed by atoms with van der Waals surface area (Å²) >= 11 is 0. The highest BCUT2D eigenvalue weighted by Crippen LogP contribution is 2.26. The molecule has 1 aromatic rings. The van der Waals surface area contributed by atoms with E-state index in [1.165, 1.54) is 43.2 Å². The maximum absolute atomic E-state index is 3.71. The van der Waals surface area contributed by atoms with Crippen molar-refractivity contribution >= 4 is 0 Å². The summed E-state index contributed by atoms with van der Waals surface area (Å²) in [5, 5.41) is 3.71. The molecule has 17 heavy (non-hydrogen) atoms. The molecule has 1 aromatic carbocycles. The van der Waals surface area contributed by atoms with Crippen LogP contribution in [0.4, 0.5) is 0 Å². The molecule has 1 heteroatoms. The Bertz CT molecular complexity index is 339. The predicted molar refractivity (Wildman–Crippen MR) is 74.1 cm³/mol. The molecule has 0 amide bonds. The van der Waals surface area contributed by atoms with E-state index in [1.54, 1.807) is 0 Å². The summed E-state index contributed by atoms with van der Waals surface area (Å²) in [6, 6.07) is 9.34.